The minimum Gasteiger partial charge on any atom is -0.493 e. The Hall–Kier alpha value is -3.93. The van der Waals surface area contributed by atoms with Crippen LogP contribution in [-0.2, 0) is 6.54 Å². The van der Waals surface area contributed by atoms with Crippen molar-refractivity contribution in [2.45, 2.75) is 6.54 Å². The number of fused-ring (bicyclic) bond motifs is 1. The zero-order valence-corrected chi connectivity index (χ0v) is 17.1. The topological polar surface area (TPSA) is 57.5 Å². The van der Waals surface area contributed by atoms with Gasteiger partial charge in [0.05, 0.1) is 30.7 Å². The molecule has 3 aromatic carbocycles. The van der Waals surface area contributed by atoms with Crippen LogP contribution in [0.5, 0.6) is 11.5 Å². The third kappa shape index (κ3) is 3.92. The molecular weight excluding hydrogens is 397 g/mol. The van der Waals surface area contributed by atoms with Gasteiger partial charge in [-0.3, -0.25) is 9.59 Å². The Morgan fingerprint density at radius 3 is 2.23 bits per heavy atom. The first-order valence-corrected chi connectivity index (χ1v) is 9.65. The van der Waals surface area contributed by atoms with E-state index in [2.05, 4.69) is 0 Å². The first kappa shape index (κ1) is 20.3. The number of aromatic nitrogens is 1. The zero-order chi connectivity index (χ0) is 22.0. The summed E-state index contributed by atoms with van der Waals surface area (Å²) in [5.74, 6) is 0.157. The van der Waals surface area contributed by atoms with Crippen LogP contribution in [0.4, 0.5) is 4.39 Å². The molecule has 0 amide bonds. The van der Waals surface area contributed by atoms with E-state index in [0.29, 0.717) is 34.5 Å². The van der Waals surface area contributed by atoms with Gasteiger partial charge in [-0.05, 0) is 23.8 Å². The summed E-state index contributed by atoms with van der Waals surface area (Å²) in [4.78, 5) is 26.4. The van der Waals surface area contributed by atoms with Crippen LogP contribution >= 0.6 is 0 Å². The molecule has 0 fully saturated rings. The van der Waals surface area contributed by atoms with E-state index in [9.17, 15) is 14.0 Å². The molecule has 1 aromatic heterocycles. The van der Waals surface area contributed by atoms with Crippen molar-refractivity contribution in [3.05, 3.63) is 106 Å². The van der Waals surface area contributed by atoms with Crippen molar-refractivity contribution in [2.24, 2.45) is 0 Å². The Morgan fingerprint density at radius 2 is 1.58 bits per heavy atom. The van der Waals surface area contributed by atoms with E-state index < -0.39 is 0 Å². The lowest BCUT2D eigenvalue weighted by atomic mass is 10.0. The number of hydrogen-bond donors (Lipinski definition) is 0. The van der Waals surface area contributed by atoms with Gasteiger partial charge in [0.25, 0.3) is 0 Å². The van der Waals surface area contributed by atoms with Gasteiger partial charge in [-0.15, -0.1) is 0 Å². The lowest BCUT2D eigenvalue weighted by Crippen LogP contribution is -2.20. The zero-order valence-electron chi connectivity index (χ0n) is 17.1. The molecule has 0 saturated carbocycles. The van der Waals surface area contributed by atoms with Gasteiger partial charge in [0, 0.05) is 24.4 Å². The molecule has 31 heavy (non-hydrogen) atoms. The van der Waals surface area contributed by atoms with E-state index in [4.69, 9.17) is 9.47 Å². The minimum atomic E-state index is -0.389. The van der Waals surface area contributed by atoms with Gasteiger partial charge in [0.2, 0.25) is 5.43 Å². The number of hydrogen-bond acceptors (Lipinski definition) is 4. The van der Waals surface area contributed by atoms with Gasteiger partial charge in [0.1, 0.15) is 5.82 Å². The first-order chi connectivity index (χ1) is 15.0. The second kappa shape index (κ2) is 8.44. The number of carbonyl (C=O) groups is 1. The third-order valence-electron chi connectivity index (χ3n) is 5.13. The fraction of sp³-hybridized carbons (Fsp3) is 0.120. The molecule has 6 heteroatoms. The van der Waals surface area contributed by atoms with Gasteiger partial charge < -0.3 is 14.0 Å². The first-order valence-electron chi connectivity index (χ1n) is 9.65. The quantitative estimate of drug-likeness (QED) is 0.436. The maximum atomic E-state index is 13.3. The standard InChI is InChI=1S/C25H20FNO4/c1-30-22-12-19-21(13-23(22)31-2)27(14-16-8-10-18(26)11-9-16)15-20(25(19)29)24(28)17-6-4-3-5-7-17/h3-13,15H,14H2,1-2H3. The lowest BCUT2D eigenvalue weighted by molar-refractivity contribution is 0.103. The molecule has 156 valence electrons. The van der Waals surface area contributed by atoms with E-state index in [0.717, 1.165) is 5.56 Å². The summed E-state index contributed by atoms with van der Waals surface area (Å²) >= 11 is 0. The molecule has 0 atom stereocenters. The summed E-state index contributed by atoms with van der Waals surface area (Å²) in [6.45, 7) is 0.335. The van der Waals surface area contributed by atoms with Crippen LogP contribution < -0.4 is 14.9 Å². The number of carbonyl (C=O) groups excluding carboxylic acids is 1. The molecule has 0 bridgehead atoms. The third-order valence-corrected chi connectivity index (χ3v) is 5.13. The van der Waals surface area contributed by atoms with Crippen molar-refractivity contribution in [3.8, 4) is 11.5 Å². The normalized spacial score (nSPS) is 10.8. The number of pyridine rings is 1. The van der Waals surface area contributed by atoms with E-state index in [1.54, 1.807) is 65.4 Å². The van der Waals surface area contributed by atoms with Crippen molar-refractivity contribution in [1.29, 1.82) is 0 Å². The Bertz CT molecular complexity index is 1310. The van der Waals surface area contributed by atoms with Crippen molar-refractivity contribution < 1.29 is 18.7 Å². The molecule has 1 heterocycles. The van der Waals surface area contributed by atoms with Crippen molar-refractivity contribution >= 4 is 16.7 Å². The molecule has 0 saturated heterocycles. The number of benzene rings is 3. The summed E-state index contributed by atoms with van der Waals surface area (Å²) in [6, 6.07) is 18.0. The average Bonchev–Trinajstić information content (AvgIpc) is 2.81. The molecule has 0 aliphatic heterocycles. The molecule has 5 nitrogen and oxygen atoms in total. The summed E-state index contributed by atoms with van der Waals surface area (Å²) in [6.07, 6.45) is 1.55. The van der Waals surface area contributed by atoms with Gasteiger partial charge in [-0.1, -0.05) is 42.5 Å². The van der Waals surface area contributed by atoms with Crippen LogP contribution in [0.3, 0.4) is 0 Å². The Balaban J connectivity index is 1.96. The Kier molecular flexibility index (Phi) is 5.54. The van der Waals surface area contributed by atoms with E-state index in [1.807, 2.05) is 0 Å². The highest BCUT2D eigenvalue weighted by Gasteiger charge is 2.19. The summed E-state index contributed by atoms with van der Waals surface area (Å²) < 4.78 is 25.9. The number of halogens is 1. The van der Waals surface area contributed by atoms with Crippen molar-refractivity contribution in [3.63, 3.8) is 0 Å². The lowest BCUT2D eigenvalue weighted by Gasteiger charge is -2.16. The molecule has 0 aliphatic carbocycles. The summed E-state index contributed by atoms with van der Waals surface area (Å²) in [5.41, 5.74) is 1.48. The van der Waals surface area contributed by atoms with Crippen LogP contribution in [0.2, 0.25) is 0 Å². The fourth-order valence-corrected chi connectivity index (χ4v) is 3.54. The van der Waals surface area contributed by atoms with E-state index in [-0.39, 0.29) is 22.6 Å². The molecule has 0 spiro atoms. The molecule has 0 aliphatic rings. The Morgan fingerprint density at radius 1 is 0.935 bits per heavy atom. The van der Waals surface area contributed by atoms with Gasteiger partial charge in [-0.25, -0.2) is 4.39 Å². The molecule has 4 rings (SSSR count). The number of ether oxygens (including phenoxy) is 2. The average molecular weight is 417 g/mol. The highest BCUT2D eigenvalue weighted by Crippen LogP contribution is 2.31. The molecular formula is C25H20FNO4. The maximum Gasteiger partial charge on any atom is 0.200 e. The monoisotopic (exact) mass is 417 g/mol. The van der Waals surface area contributed by atoms with Crippen LogP contribution in [0.25, 0.3) is 10.9 Å². The van der Waals surface area contributed by atoms with Gasteiger partial charge >= 0.3 is 0 Å². The van der Waals surface area contributed by atoms with Crippen molar-refractivity contribution in [1.82, 2.24) is 4.57 Å². The SMILES string of the molecule is COc1cc2c(=O)c(C(=O)c3ccccc3)cn(Cc3ccc(F)cc3)c2cc1OC. The maximum absolute atomic E-state index is 13.3. The second-order valence-electron chi connectivity index (χ2n) is 7.05. The second-order valence-corrected chi connectivity index (χ2v) is 7.05. The Labute approximate surface area is 178 Å². The van der Waals surface area contributed by atoms with Crippen LogP contribution in [-0.4, -0.2) is 24.6 Å². The highest BCUT2D eigenvalue weighted by molar-refractivity contribution is 6.10. The molecule has 0 unspecified atom stereocenters. The predicted molar refractivity (Wildman–Crippen MR) is 117 cm³/mol. The number of ketones is 1. The van der Waals surface area contributed by atoms with Crippen molar-refractivity contribution in [2.75, 3.05) is 14.2 Å². The van der Waals surface area contributed by atoms with E-state index in [1.165, 1.54) is 26.4 Å². The molecule has 4 aromatic rings. The molecule has 0 radical (unpaired) electrons. The van der Waals surface area contributed by atoms with Crippen LogP contribution in [0, 0.1) is 5.82 Å². The van der Waals surface area contributed by atoms with E-state index >= 15 is 0 Å². The predicted octanol–water partition coefficient (Wildman–Crippen LogP) is 4.44. The van der Waals surface area contributed by atoms with Gasteiger partial charge in [0.15, 0.2) is 17.3 Å². The summed E-state index contributed by atoms with van der Waals surface area (Å²) in [5, 5.41) is 0.335. The largest absolute Gasteiger partial charge is 0.493 e. The number of rotatable bonds is 6. The smallest absolute Gasteiger partial charge is 0.200 e. The van der Waals surface area contributed by atoms with Crippen LogP contribution in [0.1, 0.15) is 21.5 Å². The number of methoxy groups -OCH3 is 2. The highest BCUT2D eigenvalue weighted by atomic mass is 19.1. The summed E-state index contributed by atoms with van der Waals surface area (Å²) in [7, 11) is 3.00. The number of nitrogens with zero attached hydrogens (tertiary/aromatic N) is 1. The van der Waals surface area contributed by atoms with Crippen LogP contribution in [0.15, 0.2) is 77.7 Å². The molecule has 0 N–H and O–H groups in total. The van der Waals surface area contributed by atoms with Gasteiger partial charge in [-0.2, -0.15) is 0 Å². The minimum absolute atomic E-state index is 0.0491. The fourth-order valence-electron chi connectivity index (χ4n) is 3.54.